The highest BCUT2D eigenvalue weighted by Gasteiger charge is 2.30. The van der Waals surface area contributed by atoms with Crippen LogP contribution in [0.3, 0.4) is 0 Å². The van der Waals surface area contributed by atoms with Crippen LogP contribution in [-0.4, -0.2) is 19.9 Å². The van der Waals surface area contributed by atoms with E-state index in [0.29, 0.717) is 5.56 Å². The van der Waals surface area contributed by atoms with E-state index in [1.54, 1.807) is 0 Å². The second-order valence-electron chi connectivity index (χ2n) is 5.79. The number of benzene rings is 2. The highest BCUT2D eigenvalue weighted by atomic mass is 32.2. The van der Waals surface area contributed by atoms with Gasteiger partial charge in [-0.05, 0) is 36.2 Å². The Bertz CT molecular complexity index is 944. The first kappa shape index (κ1) is 20.8. The lowest BCUT2D eigenvalue weighted by atomic mass is 10.1. The number of nitro groups is 1. The number of halogens is 3. The summed E-state index contributed by atoms with van der Waals surface area (Å²) in [6.07, 6.45) is -4.47. The molecule has 0 radical (unpaired) electrons. The normalized spacial score (nSPS) is 13.4. The molecule has 2 aromatic carbocycles. The van der Waals surface area contributed by atoms with Crippen molar-refractivity contribution in [2.24, 2.45) is 5.73 Å². The van der Waals surface area contributed by atoms with Crippen LogP contribution in [0.5, 0.6) is 0 Å². The van der Waals surface area contributed by atoms with E-state index < -0.39 is 32.7 Å². The topological polar surface area (TPSA) is 115 Å². The number of nitrogens with one attached hydrogen (secondary N) is 1. The number of nitrogens with zero attached hydrogens (tertiary/aromatic N) is 1. The summed E-state index contributed by atoms with van der Waals surface area (Å²) in [5.74, 6) is 0. The van der Waals surface area contributed by atoms with Crippen molar-refractivity contribution in [1.82, 2.24) is 4.72 Å². The van der Waals surface area contributed by atoms with Gasteiger partial charge in [-0.3, -0.25) is 10.1 Å². The summed E-state index contributed by atoms with van der Waals surface area (Å²) in [7, 11) is -4.00. The highest BCUT2D eigenvalue weighted by Crippen LogP contribution is 2.29. The standard InChI is InChI=1S/C16H16F3N3O4S/c1-10-8-13(22(23)24)6-7-15(10)27(25,26)21-9-14(20)11-2-4-12(5-3-11)16(17,18)19/h2-8,14,21H,9,20H2,1H3. The molecular weight excluding hydrogens is 387 g/mol. The molecule has 11 heteroatoms. The van der Waals surface area contributed by atoms with Crippen LogP contribution in [0.15, 0.2) is 47.4 Å². The Labute approximate surface area is 153 Å². The van der Waals surface area contributed by atoms with Crippen molar-refractivity contribution in [3.05, 3.63) is 69.3 Å². The molecule has 3 N–H and O–H groups in total. The predicted octanol–water partition coefficient (Wildman–Crippen LogP) is 2.90. The first-order chi connectivity index (χ1) is 12.4. The fourth-order valence-electron chi connectivity index (χ4n) is 2.36. The average Bonchev–Trinajstić information content (AvgIpc) is 2.58. The molecule has 0 amide bonds. The lowest BCUT2D eigenvalue weighted by Gasteiger charge is -2.15. The van der Waals surface area contributed by atoms with Crippen molar-refractivity contribution in [2.75, 3.05) is 6.54 Å². The van der Waals surface area contributed by atoms with E-state index in [-0.39, 0.29) is 22.7 Å². The molecule has 7 nitrogen and oxygen atoms in total. The number of nitro benzene ring substituents is 1. The Morgan fingerprint density at radius 3 is 2.26 bits per heavy atom. The summed E-state index contributed by atoms with van der Waals surface area (Å²) in [6.45, 7) is 1.15. The van der Waals surface area contributed by atoms with Crippen LogP contribution in [0.4, 0.5) is 18.9 Å². The zero-order chi connectivity index (χ0) is 20.4. The lowest BCUT2D eigenvalue weighted by Crippen LogP contribution is -2.32. The van der Waals surface area contributed by atoms with Gasteiger partial charge in [-0.2, -0.15) is 13.2 Å². The van der Waals surface area contributed by atoms with Gasteiger partial charge in [0.2, 0.25) is 10.0 Å². The van der Waals surface area contributed by atoms with Crippen LogP contribution < -0.4 is 10.5 Å². The molecule has 0 fully saturated rings. The zero-order valence-corrected chi connectivity index (χ0v) is 14.8. The van der Waals surface area contributed by atoms with Gasteiger partial charge in [-0.1, -0.05) is 12.1 Å². The Morgan fingerprint density at radius 1 is 1.19 bits per heavy atom. The number of aryl methyl sites for hydroxylation is 1. The molecule has 2 rings (SSSR count). The molecular formula is C16H16F3N3O4S. The first-order valence-electron chi connectivity index (χ1n) is 7.59. The Hall–Kier alpha value is -2.50. The molecule has 0 bridgehead atoms. The minimum Gasteiger partial charge on any atom is -0.323 e. The van der Waals surface area contributed by atoms with Crippen molar-refractivity contribution in [2.45, 2.75) is 24.0 Å². The molecule has 1 atom stereocenters. The molecule has 0 heterocycles. The van der Waals surface area contributed by atoms with Gasteiger partial charge >= 0.3 is 6.18 Å². The SMILES string of the molecule is Cc1cc([N+](=O)[O-])ccc1S(=O)(=O)NCC(N)c1ccc(C(F)(F)F)cc1. The third kappa shape index (κ3) is 5.02. The molecule has 0 aliphatic carbocycles. The van der Waals surface area contributed by atoms with Crippen LogP contribution >= 0.6 is 0 Å². The smallest absolute Gasteiger partial charge is 0.323 e. The van der Waals surface area contributed by atoms with Crippen LogP contribution in [0.1, 0.15) is 22.7 Å². The summed E-state index contributed by atoms with van der Waals surface area (Å²) >= 11 is 0. The molecule has 0 saturated carbocycles. The quantitative estimate of drug-likeness (QED) is 0.568. The molecule has 0 saturated heterocycles. The third-order valence-electron chi connectivity index (χ3n) is 3.82. The summed E-state index contributed by atoms with van der Waals surface area (Å²) in [5, 5.41) is 10.7. The number of hydrogen-bond acceptors (Lipinski definition) is 5. The lowest BCUT2D eigenvalue weighted by molar-refractivity contribution is -0.385. The van der Waals surface area contributed by atoms with Crippen molar-refractivity contribution in [3.8, 4) is 0 Å². The number of non-ortho nitro benzene ring substituents is 1. The van der Waals surface area contributed by atoms with E-state index in [4.69, 9.17) is 5.73 Å². The van der Waals surface area contributed by atoms with Crippen LogP contribution in [-0.2, 0) is 16.2 Å². The minimum atomic E-state index is -4.47. The minimum absolute atomic E-state index is 0.146. The Balaban J connectivity index is 2.11. The maximum Gasteiger partial charge on any atom is 0.416 e. The summed E-state index contributed by atoms with van der Waals surface area (Å²) < 4.78 is 64.7. The van der Waals surface area contributed by atoms with E-state index in [0.717, 1.165) is 30.3 Å². The van der Waals surface area contributed by atoms with Gasteiger partial charge in [0.1, 0.15) is 0 Å². The summed E-state index contributed by atoms with van der Waals surface area (Å²) in [5.41, 5.74) is 5.27. The molecule has 0 aliphatic rings. The zero-order valence-electron chi connectivity index (χ0n) is 14.0. The van der Waals surface area contributed by atoms with Gasteiger partial charge in [0.25, 0.3) is 5.69 Å². The van der Waals surface area contributed by atoms with Crippen molar-refractivity contribution in [3.63, 3.8) is 0 Å². The van der Waals surface area contributed by atoms with Gasteiger partial charge in [0.05, 0.1) is 15.4 Å². The molecule has 27 heavy (non-hydrogen) atoms. The molecule has 0 spiro atoms. The Morgan fingerprint density at radius 2 is 1.78 bits per heavy atom. The monoisotopic (exact) mass is 403 g/mol. The molecule has 0 aliphatic heterocycles. The summed E-state index contributed by atoms with van der Waals surface area (Å²) in [4.78, 5) is 9.94. The Kier molecular flexibility index (Phi) is 5.88. The largest absolute Gasteiger partial charge is 0.416 e. The first-order valence-corrected chi connectivity index (χ1v) is 9.07. The van der Waals surface area contributed by atoms with Crippen molar-refractivity contribution < 1.29 is 26.5 Å². The van der Waals surface area contributed by atoms with Gasteiger partial charge in [0.15, 0.2) is 0 Å². The second kappa shape index (κ2) is 7.62. The van der Waals surface area contributed by atoms with Crippen molar-refractivity contribution >= 4 is 15.7 Å². The van der Waals surface area contributed by atoms with Gasteiger partial charge in [-0.15, -0.1) is 0 Å². The summed E-state index contributed by atoms with van der Waals surface area (Å²) in [6, 6.07) is 6.52. The highest BCUT2D eigenvalue weighted by molar-refractivity contribution is 7.89. The van der Waals surface area contributed by atoms with E-state index in [1.165, 1.54) is 19.1 Å². The van der Waals surface area contributed by atoms with Gasteiger partial charge in [-0.25, -0.2) is 13.1 Å². The number of alkyl halides is 3. The van der Waals surface area contributed by atoms with Gasteiger partial charge in [0, 0.05) is 24.7 Å². The third-order valence-corrected chi connectivity index (χ3v) is 5.40. The second-order valence-corrected chi connectivity index (χ2v) is 7.52. The fourth-order valence-corrected chi connectivity index (χ4v) is 3.65. The van der Waals surface area contributed by atoms with Gasteiger partial charge < -0.3 is 5.73 Å². The van der Waals surface area contributed by atoms with E-state index in [9.17, 15) is 31.7 Å². The van der Waals surface area contributed by atoms with Crippen LogP contribution in [0.25, 0.3) is 0 Å². The van der Waals surface area contributed by atoms with E-state index in [1.807, 2.05) is 0 Å². The number of hydrogen-bond donors (Lipinski definition) is 2. The molecule has 0 aromatic heterocycles. The number of sulfonamides is 1. The molecule has 1 unspecified atom stereocenters. The van der Waals surface area contributed by atoms with Crippen molar-refractivity contribution in [1.29, 1.82) is 0 Å². The number of nitrogens with two attached hydrogens (primary N) is 1. The molecule has 146 valence electrons. The molecule has 2 aromatic rings. The maximum atomic E-state index is 12.6. The average molecular weight is 403 g/mol. The van der Waals surface area contributed by atoms with Crippen LogP contribution in [0, 0.1) is 17.0 Å². The van der Waals surface area contributed by atoms with E-state index >= 15 is 0 Å². The number of rotatable bonds is 6. The predicted molar refractivity (Wildman–Crippen MR) is 91.4 cm³/mol. The fraction of sp³-hybridized carbons (Fsp3) is 0.250. The maximum absolute atomic E-state index is 12.6. The van der Waals surface area contributed by atoms with E-state index in [2.05, 4.69) is 4.72 Å². The van der Waals surface area contributed by atoms with Crippen LogP contribution in [0.2, 0.25) is 0 Å².